The summed E-state index contributed by atoms with van der Waals surface area (Å²) in [6.07, 6.45) is 1.08. The van der Waals surface area contributed by atoms with E-state index >= 15 is 0 Å². The highest BCUT2D eigenvalue weighted by Crippen LogP contribution is 2.26. The summed E-state index contributed by atoms with van der Waals surface area (Å²) in [4.78, 5) is 16.6. The molecule has 0 amide bonds. The summed E-state index contributed by atoms with van der Waals surface area (Å²) in [7, 11) is 0. The number of aliphatic hydroxyl groups excluding tert-OH is 1. The number of nitrogens with one attached hydrogen (secondary N) is 1. The minimum absolute atomic E-state index is 0.0402. The van der Waals surface area contributed by atoms with Gasteiger partial charge >= 0.3 is 5.69 Å². The minimum atomic E-state index is -0.585. The highest BCUT2D eigenvalue weighted by Gasteiger charge is 2.13. The van der Waals surface area contributed by atoms with Crippen LogP contribution in [0.3, 0.4) is 0 Å². The van der Waals surface area contributed by atoms with Crippen molar-refractivity contribution in [3.63, 3.8) is 0 Å². The van der Waals surface area contributed by atoms with Crippen molar-refractivity contribution in [1.29, 1.82) is 0 Å². The van der Waals surface area contributed by atoms with Crippen LogP contribution in [0.15, 0.2) is 33.2 Å². The van der Waals surface area contributed by atoms with Crippen molar-refractivity contribution in [2.24, 2.45) is 0 Å². The summed E-state index contributed by atoms with van der Waals surface area (Å²) in [5.74, 6) is 0. The molecule has 0 aromatic carbocycles. The zero-order valence-corrected chi connectivity index (χ0v) is 11.8. The molecule has 0 unspecified atom stereocenters. The first-order valence-electron chi connectivity index (χ1n) is 5.98. The van der Waals surface area contributed by atoms with Crippen molar-refractivity contribution in [3.05, 3.63) is 34.5 Å². The van der Waals surface area contributed by atoms with E-state index in [1.807, 2.05) is 19.9 Å². The Bertz CT molecular complexity index is 601. The standard InChI is InChI=1S/C12H16N4O2S/c1-7(2)16-11(18)14-15-12(16)19-9-4-5-10(8(3)17)13-6-9/h4-8,17H,1-3H3,(H,14,18)/t8-/m1/s1. The van der Waals surface area contributed by atoms with Crippen LogP contribution in [0.2, 0.25) is 0 Å². The van der Waals surface area contributed by atoms with Crippen LogP contribution in [0.25, 0.3) is 0 Å². The molecule has 2 aromatic rings. The van der Waals surface area contributed by atoms with E-state index in [9.17, 15) is 9.90 Å². The third-order valence-corrected chi connectivity index (χ3v) is 3.53. The Balaban J connectivity index is 2.24. The van der Waals surface area contributed by atoms with E-state index in [4.69, 9.17) is 0 Å². The predicted octanol–water partition coefficient (Wildman–Crippen LogP) is 1.75. The lowest BCUT2D eigenvalue weighted by Gasteiger charge is -2.08. The Morgan fingerprint density at radius 3 is 2.63 bits per heavy atom. The van der Waals surface area contributed by atoms with E-state index in [-0.39, 0.29) is 11.7 Å². The van der Waals surface area contributed by atoms with Crippen LogP contribution in [0, 0.1) is 0 Å². The van der Waals surface area contributed by atoms with Gasteiger partial charge in [-0.05, 0) is 44.7 Å². The van der Waals surface area contributed by atoms with Crippen molar-refractivity contribution in [2.45, 2.75) is 43.0 Å². The number of rotatable bonds is 4. The van der Waals surface area contributed by atoms with Crippen molar-refractivity contribution in [1.82, 2.24) is 19.7 Å². The van der Waals surface area contributed by atoms with Crippen LogP contribution in [-0.2, 0) is 0 Å². The number of hydrogen-bond acceptors (Lipinski definition) is 5. The number of H-pyrrole nitrogens is 1. The lowest BCUT2D eigenvalue weighted by Crippen LogP contribution is -2.19. The first-order chi connectivity index (χ1) is 8.99. The molecule has 102 valence electrons. The van der Waals surface area contributed by atoms with Crippen LogP contribution in [0.4, 0.5) is 0 Å². The second kappa shape index (κ2) is 5.58. The van der Waals surface area contributed by atoms with Gasteiger partial charge in [0.25, 0.3) is 0 Å². The molecule has 2 heterocycles. The first-order valence-corrected chi connectivity index (χ1v) is 6.79. The second-order valence-corrected chi connectivity index (χ2v) is 5.51. The van der Waals surface area contributed by atoms with Crippen molar-refractivity contribution >= 4 is 11.8 Å². The average Bonchev–Trinajstić information content (AvgIpc) is 2.71. The van der Waals surface area contributed by atoms with Gasteiger partial charge in [-0.2, -0.15) is 0 Å². The molecule has 2 aromatic heterocycles. The Labute approximate surface area is 114 Å². The zero-order valence-electron chi connectivity index (χ0n) is 11.0. The molecule has 0 bridgehead atoms. The normalized spacial score (nSPS) is 12.9. The molecule has 0 aliphatic carbocycles. The van der Waals surface area contributed by atoms with E-state index < -0.39 is 6.10 Å². The van der Waals surface area contributed by atoms with Gasteiger partial charge in [-0.3, -0.25) is 9.55 Å². The Morgan fingerprint density at radius 2 is 2.11 bits per heavy atom. The van der Waals surface area contributed by atoms with Gasteiger partial charge in [0.2, 0.25) is 0 Å². The smallest absolute Gasteiger partial charge is 0.344 e. The van der Waals surface area contributed by atoms with Crippen LogP contribution >= 0.6 is 11.8 Å². The maximum Gasteiger partial charge on any atom is 0.344 e. The van der Waals surface area contributed by atoms with Gasteiger partial charge in [-0.25, -0.2) is 9.89 Å². The summed E-state index contributed by atoms with van der Waals surface area (Å²) in [5, 5.41) is 16.4. The lowest BCUT2D eigenvalue weighted by atomic mass is 10.2. The van der Waals surface area contributed by atoms with Crippen LogP contribution < -0.4 is 5.69 Å². The van der Waals surface area contributed by atoms with Gasteiger partial charge in [0, 0.05) is 17.1 Å². The number of aromatic nitrogens is 4. The van der Waals surface area contributed by atoms with Gasteiger partial charge in [0.1, 0.15) is 0 Å². The van der Waals surface area contributed by atoms with E-state index in [0.29, 0.717) is 10.9 Å². The summed E-state index contributed by atoms with van der Waals surface area (Å²) in [6.45, 7) is 5.52. The fourth-order valence-corrected chi connectivity index (χ4v) is 2.56. The largest absolute Gasteiger partial charge is 0.387 e. The fourth-order valence-electron chi connectivity index (χ4n) is 1.62. The highest BCUT2D eigenvalue weighted by atomic mass is 32.2. The lowest BCUT2D eigenvalue weighted by molar-refractivity contribution is 0.194. The molecule has 0 aliphatic heterocycles. The number of hydrogen-bond donors (Lipinski definition) is 2. The van der Waals surface area contributed by atoms with Crippen molar-refractivity contribution in [2.75, 3.05) is 0 Å². The molecular weight excluding hydrogens is 264 g/mol. The average molecular weight is 280 g/mol. The number of pyridine rings is 1. The highest BCUT2D eigenvalue weighted by molar-refractivity contribution is 7.99. The molecule has 2 N–H and O–H groups in total. The Morgan fingerprint density at radius 1 is 1.37 bits per heavy atom. The molecule has 0 aliphatic rings. The molecule has 2 rings (SSSR count). The van der Waals surface area contributed by atoms with E-state index in [1.165, 1.54) is 11.8 Å². The minimum Gasteiger partial charge on any atom is -0.387 e. The van der Waals surface area contributed by atoms with Gasteiger partial charge in [-0.15, -0.1) is 5.10 Å². The summed E-state index contributed by atoms with van der Waals surface area (Å²) in [5.41, 5.74) is 0.402. The molecule has 6 nitrogen and oxygen atoms in total. The maximum absolute atomic E-state index is 11.6. The third kappa shape index (κ3) is 3.05. The molecule has 0 radical (unpaired) electrons. The maximum atomic E-state index is 11.6. The van der Waals surface area contributed by atoms with Gasteiger partial charge in [0.15, 0.2) is 5.16 Å². The third-order valence-electron chi connectivity index (χ3n) is 2.58. The Kier molecular flexibility index (Phi) is 4.06. The quantitative estimate of drug-likeness (QED) is 0.891. The summed E-state index contributed by atoms with van der Waals surface area (Å²) < 4.78 is 1.59. The molecule has 0 fully saturated rings. The Hall–Kier alpha value is -1.60. The van der Waals surface area contributed by atoms with E-state index in [1.54, 1.807) is 23.8 Å². The predicted molar refractivity (Wildman–Crippen MR) is 72.2 cm³/mol. The van der Waals surface area contributed by atoms with Crippen molar-refractivity contribution < 1.29 is 5.11 Å². The monoisotopic (exact) mass is 280 g/mol. The topological polar surface area (TPSA) is 83.8 Å². The molecule has 19 heavy (non-hydrogen) atoms. The van der Waals surface area contributed by atoms with Crippen LogP contribution in [0.5, 0.6) is 0 Å². The van der Waals surface area contributed by atoms with E-state index in [2.05, 4.69) is 15.2 Å². The summed E-state index contributed by atoms with van der Waals surface area (Å²) >= 11 is 1.36. The molecule has 0 saturated heterocycles. The van der Waals surface area contributed by atoms with Crippen LogP contribution in [0.1, 0.15) is 38.6 Å². The molecule has 0 saturated carbocycles. The molecule has 1 atom stereocenters. The fraction of sp³-hybridized carbons (Fsp3) is 0.417. The summed E-state index contributed by atoms with van der Waals surface area (Å²) in [6, 6.07) is 3.65. The van der Waals surface area contributed by atoms with E-state index in [0.717, 1.165) is 4.90 Å². The van der Waals surface area contributed by atoms with Gasteiger partial charge < -0.3 is 5.11 Å². The SMILES string of the molecule is CC(C)n1c(Sc2ccc([C@@H](C)O)nc2)n[nH]c1=O. The molecular formula is C12H16N4O2S. The van der Waals surface area contributed by atoms with Gasteiger partial charge in [0.05, 0.1) is 11.8 Å². The second-order valence-electron chi connectivity index (χ2n) is 4.47. The number of nitrogens with zero attached hydrogens (tertiary/aromatic N) is 3. The van der Waals surface area contributed by atoms with Crippen LogP contribution in [-0.4, -0.2) is 24.9 Å². The number of aromatic amines is 1. The van der Waals surface area contributed by atoms with Gasteiger partial charge in [-0.1, -0.05) is 0 Å². The first kappa shape index (κ1) is 13.8. The molecule has 0 spiro atoms. The molecule has 7 heteroatoms. The zero-order chi connectivity index (χ0) is 14.0. The van der Waals surface area contributed by atoms with Crippen molar-refractivity contribution in [3.8, 4) is 0 Å². The number of aliphatic hydroxyl groups is 1.